The average molecular weight is 407 g/mol. The minimum absolute atomic E-state index is 0.193. The van der Waals surface area contributed by atoms with Crippen LogP contribution in [0.3, 0.4) is 0 Å². The molecule has 3 aromatic rings. The first-order valence-corrected chi connectivity index (χ1v) is 8.96. The Hall–Kier alpha value is -2.92. The number of hydrogen-bond acceptors (Lipinski definition) is 3. The fourth-order valence-electron chi connectivity index (χ4n) is 2.98. The number of fused-ring (bicyclic) bond motifs is 2. The summed E-state index contributed by atoms with van der Waals surface area (Å²) in [5.41, 5.74) is 5.24. The first-order chi connectivity index (χ1) is 12.7. The second kappa shape index (κ2) is 7.14. The predicted octanol–water partition coefficient (Wildman–Crippen LogP) is 4.84. The molecule has 1 aliphatic heterocycles. The van der Waals surface area contributed by atoms with Crippen LogP contribution < -0.4 is 10.2 Å². The highest BCUT2D eigenvalue weighted by molar-refractivity contribution is 9.10. The Morgan fingerprint density at radius 1 is 0.923 bits per heavy atom. The molecule has 26 heavy (non-hydrogen) atoms. The zero-order valence-corrected chi connectivity index (χ0v) is 15.3. The first-order valence-electron chi connectivity index (χ1n) is 8.16. The van der Waals surface area contributed by atoms with Crippen molar-refractivity contribution in [1.82, 2.24) is 5.43 Å². The first kappa shape index (κ1) is 16.5. The van der Waals surface area contributed by atoms with Crippen LogP contribution in [0.2, 0.25) is 0 Å². The molecule has 0 saturated heterocycles. The van der Waals surface area contributed by atoms with E-state index in [9.17, 15) is 4.79 Å². The van der Waals surface area contributed by atoms with Gasteiger partial charge in [-0.3, -0.25) is 4.79 Å². The van der Waals surface area contributed by atoms with Gasteiger partial charge in [-0.2, -0.15) is 5.10 Å². The van der Waals surface area contributed by atoms with Crippen molar-refractivity contribution in [3.05, 3.63) is 94.0 Å². The number of ether oxygens (including phenoxy) is 1. The monoisotopic (exact) mass is 406 g/mol. The third-order valence-electron chi connectivity index (χ3n) is 4.20. The van der Waals surface area contributed by atoms with Crippen molar-refractivity contribution in [1.29, 1.82) is 0 Å². The molecule has 0 bridgehead atoms. The number of benzene rings is 3. The van der Waals surface area contributed by atoms with Crippen molar-refractivity contribution >= 4 is 28.1 Å². The molecule has 4 rings (SSSR count). The highest BCUT2D eigenvalue weighted by Crippen LogP contribution is 2.43. The molecule has 128 valence electrons. The number of carbonyl (C=O) groups is 1. The summed E-state index contributed by atoms with van der Waals surface area (Å²) in [6, 6.07) is 22.8. The predicted molar refractivity (Wildman–Crippen MR) is 105 cm³/mol. The number of carbonyl (C=O) groups excluding carboxylic acids is 1. The van der Waals surface area contributed by atoms with Crippen molar-refractivity contribution in [3.8, 4) is 11.5 Å². The van der Waals surface area contributed by atoms with Crippen molar-refractivity contribution < 1.29 is 9.53 Å². The number of amides is 1. The lowest BCUT2D eigenvalue weighted by molar-refractivity contribution is -0.121. The molecule has 0 aliphatic carbocycles. The van der Waals surface area contributed by atoms with Gasteiger partial charge in [-0.1, -0.05) is 64.5 Å². The van der Waals surface area contributed by atoms with Gasteiger partial charge in [0.15, 0.2) is 0 Å². The van der Waals surface area contributed by atoms with Crippen molar-refractivity contribution in [2.45, 2.75) is 5.92 Å². The van der Waals surface area contributed by atoms with E-state index in [1.807, 2.05) is 72.8 Å². The molecule has 3 aromatic carbocycles. The number of para-hydroxylation sites is 2. The summed E-state index contributed by atoms with van der Waals surface area (Å²) < 4.78 is 6.91. The summed E-state index contributed by atoms with van der Waals surface area (Å²) >= 11 is 3.39. The smallest absolute Gasteiger partial charge is 0.252 e. The van der Waals surface area contributed by atoms with Crippen LogP contribution in [0.4, 0.5) is 0 Å². The van der Waals surface area contributed by atoms with Gasteiger partial charge in [0.2, 0.25) is 0 Å². The molecule has 0 radical (unpaired) electrons. The third-order valence-corrected chi connectivity index (χ3v) is 4.73. The Morgan fingerprint density at radius 2 is 1.50 bits per heavy atom. The van der Waals surface area contributed by atoms with Crippen molar-refractivity contribution in [2.75, 3.05) is 0 Å². The summed E-state index contributed by atoms with van der Waals surface area (Å²) in [7, 11) is 0. The molecule has 0 atom stereocenters. The Balaban J connectivity index is 1.60. The molecular weight excluding hydrogens is 392 g/mol. The van der Waals surface area contributed by atoms with Gasteiger partial charge in [0.25, 0.3) is 5.91 Å². The molecule has 1 aliphatic rings. The van der Waals surface area contributed by atoms with E-state index in [0.29, 0.717) is 11.5 Å². The van der Waals surface area contributed by atoms with E-state index in [2.05, 4.69) is 26.5 Å². The molecule has 1 N–H and O–H groups in total. The molecule has 4 nitrogen and oxygen atoms in total. The maximum atomic E-state index is 12.9. The van der Waals surface area contributed by atoms with Gasteiger partial charge >= 0.3 is 0 Å². The summed E-state index contributed by atoms with van der Waals surface area (Å²) in [4.78, 5) is 12.9. The van der Waals surface area contributed by atoms with E-state index >= 15 is 0 Å². The van der Waals surface area contributed by atoms with Crippen LogP contribution in [0.15, 0.2) is 82.4 Å². The van der Waals surface area contributed by atoms with Crippen molar-refractivity contribution in [2.24, 2.45) is 5.10 Å². The van der Waals surface area contributed by atoms with Crippen LogP contribution in [0, 0.1) is 0 Å². The molecule has 0 fully saturated rings. The van der Waals surface area contributed by atoms with Crippen LogP contribution in [0.5, 0.6) is 11.5 Å². The molecule has 1 heterocycles. The SMILES string of the molecule is O=C(N/N=C\c1ccc(Br)cc1)C1c2ccccc2Oc2ccccc21. The van der Waals surface area contributed by atoms with Crippen LogP contribution in [0.25, 0.3) is 0 Å². The van der Waals surface area contributed by atoms with Crippen LogP contribution in [-0.2, 0) is 4.79 Å². The Kier molecular flexibility index (Phi) is 4.54. The topological polar surface area (TPSA) is 50.7 Å². The second-order valence-electron chi connectivity index (χ2n) is 5.90. The van der Waals surface area contributed by atoms with Gasteiger partial charge in [0, 0.05) is 15.6 Å². The Labute approximate surface area is 159 Å². The zero-order valence-electron chi connectivity index (χ0n) is 13.7. The summed E-state index contributed by atoms with van der Waals surface area (Å²) in [5.74, 6) is 0.742. The van der Waals surface area contributed by atoms with Gasteiger partial charge in [-0.25, -0.2) is 5.43 Å². The maximum Gasteiger partial charge on any atom is 0.252 e. The van der Waals surface area contributed by atoms with Crippen molar-refractivity contribution in [3.63, 3.8) is 0 Å². The highest BCUT2D eigenvalue weighted by atomic mass is 79.9. The number of nitrogens with one attached hydrogen (secondary N) is 1. The van der Waals surface area contributed by atoms with Gasteiger partial charge in [0.1, 0.15) is 11.5 Å². The normalized spacial score (nSPS) is 13.0. The van der Waals surface area contributed by atoms with Gasteiger partial charge < -0.3 is 4.74 Å². The molecular formula is C21H15BrN2O2. The van der Waals surface area contributed by atoms with E-state index in [0.717, 1.165) is 21.2 Å². The molecule has 5 heteroatoms. The number of rotatable bonds is 3. The van der Waals surface area contributed by atoms with Gasteiger partial charge in [0.05, 0.1) is 12.1 Å². The highest BCUT2D eigenvalue weighted by Gasteiger charge is 2.32. The number of nitrogens with zero attached hydrogens (tertiary/aromatic N) is 1. The Bertz CT molecular complexity index is 938. The molecule has 0 saturated carbocycles. The Morgan fingerprint density at radius 3 is 2.12 bits per heavy atom. The lowest BCUT2D eigenvalue weighted by Crippen LogP contribution is -2.28. The largest absolute Gasteiger partial charge is 0.457 e. The van der Waals surface area contributed by atoms with Crippen LogP contribution in [0.1, 0.15) is 22.6 Å². The lowest BCUT2D eigenvalue weighted by atomic mass is 9.87. The molecule has 0 spiro atoms. The lowest BCUT2D eigenvalue weighted by Gasteiger charge is -2.26. The molecule has 0 aromatic heterocycles. The van der Waals surface area contributed by atoms with E-state index in [1.54, 1.807) is 6.21 Å². The van der Waals surface area contributed by atoms with Crippen LogP contribution in [-0.4, -0.2) is 12.1 Å². The van der Waals surface area contributed by atoms with E-state index in [1.165, 1.54) is 0 Å². The van der Waals surface area contributed by atoms with E-state index in [4.69, 9.17) is 4.74 Å². The minimum atomic E-state index is -0.460. The van der Waals surface area contributed by atoms with Gasteiger partial charge in [-0.15, -0.1) is 0 Å². The average Bonchev–Trinajstić information content (AvgIpc) is 2.67. The van der Waals surface area contributed by atoms with E-state index in [-0.39, 0.29) is 5.91 Å². The fraction of sp³-hybridized carbons (Fsp3) is 0.0476. The zero-order chi connectivity index (χ0) is 17.9. The minimum Gasteiger partial charge on any atom is -0.457 e. The van der Waals surface area contributed by atoms with E-state index < -0.39 is 5.92 Å². The third kappa shape index (κ3) is 3.26. The summed E-state index contributed by atoms with van der Waals surface area (Å²) in [6.07, 6.45) is 1.63. The second-order valence-corrected chi connectivity index (χ2v) is 6.81. The quantitative estimate of drug-likeness (QED) is 0.499. The summed E-state index contributed by atoms with van der Waals surface area (Å²) in [6.45, 7) is 0. The van der Waals surface area contributed by atoms with Crippen LogP contribution >= 0.6 is 15.9 Å². The summed E-state index contributed by atoms with van der Waals surface area (Å²) in [5, 5.41) is 4.11. The van der Waals surface area contributed by atoms with Gasteiger partial charge in [-0.05, 0) is 29.8 Å². The standard InChI is InChI=1S/C21H15BrN2O2/c22-15-11-9-14(10-12-15)13-23-24-21(25)20-16-5-1-3-7-18(16)26-19-8-4-2-6-17(19)20/h1-13,20H,(H,24,25)/b23-13-. The number of hydrogen-bond donors (Lipinski definition) is 1. The molecule has 0 unspecified atom stereocenters. The number of hydrazone groups is 1. The fourth-order valence-corrected chi connectivity index (χ4v) is 3.24. The molecule has 1 amide bonds. The maximum absolute atomic E-state index is 12.9. The number of halogens is 1.